The zero-order valence-corrected chi connectivity index (χ0v) is 14.3. The van der Waals surface area contributed by atoms with Crippen LogP contribution in [0.4, 0.5) is 5.95 Å². The Bertz CT molecular complexity index is 1120. The normalized spacial score (nSPS) is 10.7. The van der Waals surface area contributed by atoms with E-state index in [0.29, 0.717) is 28.3 Å². The van der Waals surface area contributed by atoms with Crippen LogP contribution in [-0.2, 0) is 0 Å². The monoisotopic (exact) mass is 356 g/mol. The molecule has 2 aromatic carbocycles. The van der Waals surface area contributed by atoms with Crippen molar-refractivity contribution in [3.8, 4) is 33.9 Å². The van der Waals surface area contributed by atoms with Crippen LogP contribution < -0.4 is 11.5 Å². The minimum atomic E-state index is -0.501. The molecule has 0 fully saturated rings. The number of nitrogens with zero attached hydrogens (tertiary/aromatic N) is 2. The summed E-state index contributed by atoms with van der Waals surface area (Å²) >= 11 is 0. The number of primary amides is 1. The Morgan fingerprint density at radius 2 is 1.67 bits per heavy atom. The summed E-state index contributed by atoms with van der Waals surface area (Å²) in [6.07, 6.45) is 1.57. The van der Waals surface area contributed by atoms with Gasteiger partial charge in [0, 0.05) is 22.9 Å². The highest BCUT2D eigenvalue weighted by Gasteiger charge is 2.20. The fourth-order valence-electron chi connectivity index (χ4n) is 2.97. The van der Waals surface area contributed by atoms with E-state index >= 15 is 0 Å². The van der Waals surface area contributed by atoms with Gasteiger partial charge in [0.25, 0.3) is 0 Å². The number of hydrogen-bond acceptors (Lipinski definition) is 5. The van der Waals surface area contributed by atoms with Gasteiger partial charge >= 0.3 is 0 Å². The molecule has 0 bridgehead atoms. The number of aromatic nitrogens is 2. The molecule has 0 saturated heterocycles. The van der Waals surface area contributed by atoms with Crippen molar-refractivity contribution in [2.24, 2.45) is 5.73 Å². The Morgan fingerprint density at radius 1 is 0.926 bits per heavy atom. The first-order valence-corrected chi connectivity index (χ1v) is 8.31. The highest BCUT2D eigenvalue weighted by Crippen LogP contribution is 2.39. The van der Waals surface area contributed by atoms with Crippen LogP contribution in [0.5, 0.6) is 0 Å². The highest BCUT2D eigenvalue weighted by atomic mass is 16.3. The van der Waals surface area contributed by atoms with Crippen LogP contribution in [0.25, 0.3) is 33.9 Å². The lowest BCUT2D eigenvalue weighted by atomic mass is 9.97. The summed E-state index contributed by atoms with van der Waals surface area (Å²) in [5, 5.41) is 0. The van der Waals surface area contributed by atoms with E-state index in [2.05, 4.69) is 9.97 Å². The Labute approximate surface area is 155 Å². The average molecular weight is 356 g/mol. The van der Waals surface area contributed by atoms with Crippen molar-refractivity contribution in [1.29, 1.82) is 0 Å². The van der Waals surface area contributed by atoms with Gasteiger partial charge in [0.1, 0.15) is 11.5 Å². The molecule has 0 unspecified atom stereocenters. The van der Waals surface area contributed by atoms with Crippen molar-refractivity contribution >= 4 is 11.9 Å². The average Bonchev–Trinajstić information content (AvgIpc) is 3.14. The molecule has 0 atom stereocenters. The molecule has 132 valence electrons. The summed E-state index contributed by atoms with van der Waals surface area (Å²) in [5.74, 6) is 0.802. The van der Waals surface area contributed by atoms with Crippen molar-refractivity contribution < 1.29 is 9.21 Å². The SMILES string of the molecule is NC(=O)c1ccccc1-c1cc(-c2ccnc(N)n2)oc1-c1ccccc1. The van der Waals surface area contributed by atoms with Crippen molar-refractivity contribution in [3.05, 3.63) is 78.5 Å². The molecule has 2 aromatic heterocycles. The van der Waals surface area contributed by atoms with E-state index in [-0.39, 0.29) is 5.95 Å². The Hall–Kier alpha value is -3.93. The van der Waals surface area contributed by atoms with Crippen molar-refractivity contribution in [2.45, 2.75) is 0 Å². The third kappa shape index (κ3) is 3.16. The summed E-state index contributed by atoms with van der Waals surface area (Å²) in [6, 6.07) is 20.4. The number of hydrogen-bond donors (Lipinski definition) is 2. The molecule has 0 saturated carbocycles. The van der Waals surface area contributed by atoms with Gasteiger partial charge < -0.3 is 15.9 Å². The van der Waals surface area contributed by atoms with Gasteiger partial charge in [0.2, 0.25) is 11.9 Å². The van der Waals surface area contributed by atoms with E-state index < -0.39 is 5.91 Å². The number of carbonyl (C=O) groups is 1. The van der Waals surface area contributed by atoms with Gasteiger partial charge in [0.05, 0.1) is 0 Å². The van der Waals surface area contributed by atoms with Crippen LogP contribution in [0.2, 0.25) is 0 Å². The number of amides is 1. The van der Waals surface area contributed by atoms with E-state index in [1.807, 2.05) is 48.5 Å². The molecular formula is C21H16N4O2. The molecule has 0 aliphatic heterocycles. The summed E-state index contributed by atoms with van der Waals surface area (Å²) in [6.45, 7) is 0. The van der Waals surface area contributed by atoms with Crippen molar-refractivity contribution in [3.63, 3.8) is 0 Å². The quantitative estimate of drug-likeness (QED) is 0.579. The molecule has 0 aliphatic carbocycles. The second-order valence-electron chi connectivity index (χ2n) is 5.93. The Kier molecular flexibility index (Phi) is 4.14. The summed E-state index contributed by atoms with van der Waals surface area (Å²) < 4.78 is 6.13. The van der Waals surface area contributed by atoms with Crippen LogP contribution >= 0.6 is 0 Å². The molecular weight excluding hydrogens is 340 g/mol. The van der Waals surface area contributed by atoms with E-state index in [1.165, 1.54) is 0 Å². The molecule has 0 aliphatic rings. The van der Waals surface area contributed by atoms with E-state index in [0.717, 1.165) is 11.1 Å². The van der Waals surface area contributed by atoms with Crippen molar-refractivity contribution in [1.82, 2.24) is 9.97 Å². The van der Waals surface area contributed by atoms with Gasteiger partial charge in [-0.2, -0.15) is 0 Å². The minimum absolute atomic E-state index is 0.157. The molecule has 4 N–H and O–H groups in total. The van der Waals surface area contributed by atoms with Gasteiger partial charge in [-0.05, 0) is 23.8 Å². The summed E-state index contributed by atoms with van der Waals surface area (Å²) in [5.41, 5.74) is 14.6. The highest BCUT2D eigenvalue weighted by molar-refractivity contribution is 6.01. The maximum absolute atomic E-state index is 11.9. The predicted octanol–water partition coefficient (Wildman–Crippen LogP) is 3.75. The second-order valence-corrected chi connectivity index (χ2v) is 5.93. The van der Waals surface area contributed by atoms with Gasteiger partial charge in [0.15, 0.2) is 5.76 Å². The first-order chi connectivity index (χ1) is 13.1. The number of carbonyl (C=O) groups excluding carboxylic acids is 1. The van der Waals surface area contributed by atoms with Crippen LogP contribution in [-0.4, -0.2) is 15.9 Å². The van der Waals surface area contributed by atoms with Gasteiger partial charge in [-0.15, -0.1) is 0 Å². The van der Waals surface area contributed by atoms with E-state index in [4.69, 9.17) is 15.9 Å². The number of anilines is 1. The van der Waals surface area contributed by atoms with Gasteiger partial charge in [-0.3, -0.25) is 4.79 Å². The van der Waals surface area contributed by atoms with Crippen LogP contribution in [0.3, 0.4) is 0 Å². The largest absolute Gasteiger partial charge is 0.454 e. The number of furan rings is 1. The van der Waals surface area contributed by atoms with E-state index in [9.17, 15) is 4.79 Å². The molecule has 4 rings (SSSR count). The van der Waals surface area contributed by atoms with Crippen LogP contribution in [0.1, 0.15) is 10.4 Å². The second kappa shape index (κ2) is 6.76. The van der Waals surface area contributed by atoms with Gasteiger partial charge in [-0.1, -0.05) is 48.5 Å². The molecule has 2 heterocycles. The first kappa shape index (κ1) is 16.5. The molecule has 6 nitrogen and oxygen atoms in total. The molecule has 0 spiro atoms. The third-order valence-electron chi connectivity index (χ3n) is 4.18. The van der Waals surface area contributed by atoms with E-state index in [1.54, 1.807) is 24.4 Å². The smallest absolute Gasteiger partial charge is 0.249 e. The Morgan fingerprint density at radius 3 is 2.41 bits per heavy atom. The van der Waals surface area contributed by atoms with Crippen LogP contribution in [0.15, 0.2) is 77.3 Å². The number of nitrogens with two attached hydrogens (primary N) is 2. The maximum Gasteiger partial charge on any atom is 0.249 e. The molecule has 27 heavy (non-hydrogen) atoms. The fourth-order valence-corrected chi connectivity index (χ4v) is 2.97. The number of nitrogen functional groups attached to an aromatic ring is 1. The number of benzene rings is 2. The maximum atomic E-state index is 11.9. The lowest BCUT2D eigenvalue weighted by molar-refractivity contribution is 0.100. The number of rotatable bonds is 4. The molecule has 6 heteroatoms. The lowest BCUT2D eigenvalue weighted by Gasteiger charge is -2.07. The zero-order chi connectivity index (χ0) is 18.8. The predicted molar refractivity (Wildman–Crippen MR) is 104 cm³/mol. The summed E-state index contributed by atoms with van der Waals surface area (Å²) in [4.78, 5) is 20.1. The third-order valence-corrected chi connectivity index (χ3v) is 4.18. The molecule has 4 aromatic rings. The minimum Gasteiger partial charge on any atom is -0.454 e. The van der Waals surface area contributed by atoms with Crippen molar-refractivity contribution in [2.75, 3.05) is 5.73 Å². The molecule has 1 amide bonds. The lowest BCUT2D eigenvalue weighted by Crippen LogP contribution is -2.12. The van der Waals surface area contributed by atoms with Crippen LogP contribution in [0, 0.1) is 0 Å². The fraction of sp³-hybridized carbons (Fsp3) is 0. The molecule has 0 radical (unpaired) electrons. The van der Waals surface area contributed by atoms with Gasteiger partial charge in [-0.25, -0.2) is 9.97 Å². The Balaban J connectivity index is 1.97. The first-order valence-electron chi connectivity index (χ1n) is 8.31. The standard InChI is InChI=1S/C21H16N4O2/c22-20(26)15-9-5-4-8-14(15)16-12-18(17-10-11-24-21(23)25-17)27-19(16)13-6-2-1-3-7-13/h1-12H,(H2,22,26)(H2,23,24,25). The zero-order valence-electron chi connectivity index (χ0n) is 14.3. The topological polar surface area (TPSA) is 108 Å². The summed E-state index contributed by atoms with van der Waals surface area (Å²) in [7, 11) is 0.